The number of carbonyl (C=O) groups excluding carboxylic acids is 1. The van der Waals surface area contributed by atoms with Crippen molar-refractivity contribution in [3.63, 3.8) is 0 Å². The van der Waals surface area contributed by atoms with Gasteiger partial charge in [0.2, 0.25) is 0 Å². The fourth-order valence-electron chi connectivity index (χ4n) is 2.42. The Kier molecular flexibility index (Phi) is 6.20. The highest BCUT2D eigenvalue weighted by Crippen LogP contribution is 2.19. The molecule has 3 rings (SSSR count). The number of hydrogen-bond acceptors (Lipinski definition) is 4. The molecule has 0 spiro atoms. The van der Waals surface area contributed by atoms with E-state index >= 15 is 0 Å². The van der Waals surface area contributed by atoms with Crippen molar-refractivity contribution in [3.05, 3.63) is 84.4 Å². The average molecular weight is 360 g/mol. The van der Waals surface area contributed by atoms with E-state index in [1.54, 1.807) is 37.6 Å². The van der Waals surface area contributed by atoms with E-state index in [1.807, 2.05) is 42.5 Å². The van der Waals surface area contributed by atoms with E-state index in [0.29, 0.717) is 5.75 Å². The van der Waals surface area contributed by atoms with E-state index in [-0.39, 0.29) is 12.5 Å². The van der Waals surface area contributed by atoms with E-state index in [4.69, 9.17) is 9.47 Å². The van der Waals surface area contributed by atoms with Crippen LogP contribution in [-0.4, -0.2) is 25.8 Å². The number of rotatable bonds is 7. The Morgan fingerprint density at radius 1 is 0.889 bits per heavy atom. The van der Waals surface area contributed by atoms with Crippen molar-refractivity contribution >= 4 is 12.1 Å². The lowest BCUT2D eigenvalue weighted by Crippen LogP contribution is -2.24. The minimum absolute atomic E-state index is 0.114. The highest BCUT2D eigenvalue weighted by atomic mass is 16.5. The molecule has 0 unspecified atom stereocenters. The van der Waals surface area contributed by atoms with Gasteiger partial charge in [-0.2, -0.15) is 5.10 Å². The van der Waals surface area contributed by atoms with Crippen LogP contribution in [0.25, 0.3) is 11.1 Å². The van der Waals surface area contributed by atoms with Crippen molar-refractivity contribution in [2.24, 2.45) is 5.10 Å². The van der Waals surface area contributed by atoms with Gasteiger partial charge in [0.25, 0.3) is 5.91 Å². The van der Waals surface area contributed by atoms with Gasteiger partial charge in [-0.3, -0.25) is 4.79 Å². The Bertz CT molecular complexity index is 889. The van der Waals surface area contributed by atoms with Crippen LogP contribution in [0.2, 0.25) is 0 Å². The summed E-state index contributed by atoms with van der Waals surface area (Å²) in [5.41, 5.74) is 5.63. The summed E-state index contributed by atoms with van der Waals surface area (Å²) in [4.78, 5) is 11.8. The molecule has 5 heteroatoms. The van der Waals surface area contributed by atoms with Gasteiger partial charge in [0, 0.05) is 0 Å². The molecule has 0 aliphatic carbocycles. The zero-order chi connectivity index (χ0) is 18.9. The third-order valence-electron chi connectivity index (χ3n) is 3.85. The molecule has 0 heterocycles. The maximum Gasteiger partial charge on any atom is 0.277 e. The van der Waals surface area contributed by atoms with Gasteiger partial charge in [0.15, 0.2) is 6.61 Å². The van der Waals surface area contributed by atoms with Gasteiger partial charge in [0.1, 0.15) is 11.5 Å². The van der Waals surface area contributed by atoms with Crippen LogP contribution in [-0.2, 0) is 4.79 Å². The topological polar surface area (TPSA) is 59.9 Å². The standard InChI is InChI=1S/C22H20N2O3/c1-26-20-11-13-21(14-12-20)27-16-22(25)24-23-15-17-7-9-19(10-8-17)18-5-3-2-4-6-18/h2-15H,16H2,1H3,(H,24,25)/b23-15-. The smallest absolute Gasteiger partial charge is 0.277 e. The summed E-state index contributed by atoms with van der Waals surface area (Å²) in [6, 6.07) is 25.1. The number of hydrogen-bond donors (Lipinski definition) is 1. The molecule has 0 radical (unpaired) electrons. The SMILES string of the molecule is COc1ccc(OCC(=O)N/N=C\c2ccc(-c3ccccc3)cc2)cc1. The number of hydrazone groups is 1. The highest BCUT2D eigenvalue weighted by Gasteiger charge is 2.02. The van der Waals surface area contributed by atoms with Crippen molar-refractivity contribution in [1.29, 1.82) is 0 Å². The van der Waals surface area contributed by atoms with Crippen LogP contribution in [0.15, 0.2) is 84.0 Å². The number of nitrogens with one attached hydrogen (secondary N) is 1. The Morgan fingerprint density at radius 3 is 2.19 bits per heavy atom. The van der Waals surface area contributed by atoms with Gasteiger partial charge in [0.05, 0.1) is 13.3 Å². The molecular weight excluding hydrogens is 340 g/mol. The lowest BCUT2D eigenvalue weighted by Gasteiger charge is -2.06. The van der Waals surface area contributed by atoms with Gasteiger partial charge in [-0.05, 0) is 41.0 Å². The predicted octanol–water partition coefficient (Wildman–Crippen LogP) is 3.89. The van der Waals surface area contributed by atoms with Crippen LogP contribution in [0.3, 0.4) is 0 Å². The van der Waals surface area contributed by atoms with Crippen molar-refractivity contribution in [1.82, 2.24) is 5.43 Å². The molecule has 0 bridgehead atoms. The largest absolute Gasteiger partial charge is 0.497 e. The first kappa shape index (κ1) is 18.2. The second-order valence-electron chi connectivity index (χ2n) is 5.75. The Hall–Kier alpha value is -3.60. The van der Waals surface area contributed by atoms with Crippen LogP contribution in [0, 0.1) is 0 Å². The summed E-state index contributed by atoms with van der Waals surface area (Å²) in [6.45, 7) is -0.114. The summed E-state index contributed by atoms with van der Waals surface area (Å²) in [6.07, 6.45) is 1.60. The zero-order valence-corrected chi connectivity index (χ0v) is 15.0. The first-order valence-electron chi connectivity index (χ1n) is 8.49. The fourth-order valence-corrected chi connectivity index (χ4v) is 2.42. The Morgan fingerprint density at radius 2 is 1.52 bits per heavy atom. The normalized spacial score (nSPS) is 10.6. The van der Waals surface area contributed by atoms with Crippen molar-refractivity contribution in [3.8, 4) is 22.6 Å². The van der Waals surface area contributed by atoms with Gasteiger partial charge in [-0.15, -0.1) is 0 Å². The molecule has 0 saturated heterocycles. The maximum atomic E-state index is 11.8. The summed E-state index contributed by atoms with van der Waals surface area (Å²) in [5.74, 6) is 0.990. The zero-order valence-electron chi connectivity index (χ0n) is 15.0. The molecule has 0 aliphatic heterocycles. The van der Waals surface area contributed by atoms with Crippen LogP contribution in [0.4, 0.5) is 0 Å². The Balaban J connectivity index is 1.47. The predicted molar refractivity (Wildman–Crippen MR) is 106 cm³/mol. The molecule has 0 aromatic heterocycles. The van der Waals surface area contributed by atoms with Crippen LogP contribution in [0.5, 0.6) is 11.5 Å². The summed E-state index contributed by atoms with van der Waals surface area (Å²) < 4.78 is 10.5. The molecule has 136 valence electrons. The molecule has 0 aliphatic rings. The van der Waals surface area contributed by atoms with Crippen LogP contribution >= 0.6 is 0 Å². The van der Waals surface area contributed by atoms with E-state index in [9.17, 15) is 4.79 Å². The van der Waals surface area contributed by atoms with Gasteiger partial charge in [-0.25, -0.2) is 5.43 Å². The first-order chi connectivity index (χ1) is 13.2. The fraction of sp³-hybridized carbons (Fsp3) is 0.0909. The molecule has 0 atom stereocenters. The van der Waals surface area contributed by atoms with Gasteiger partial charge in [-0.1, -0.05) is 54.6 Å². The van der Waals surface area contributed by atoms with Crippen molar-refractivity contribution in [2.45, 2.75) is 0 Å². The van der Waals surface area contributed by atoms with E-state index in [2.05, 4.69) is 22.7 Å². The lowest BCUT2D eigenvalue weighted by atomic mass is 10.0. The molecule has 0 saturated carbocycles. The van der Waals surface area contributed by atoms with E-state index in [1.165, 1.54) is 0 Å². The maximum absolute atomic E-state index is 11.8. The van der Waals surface area contributed by atoms with E-state index in [0.717, 1.165) is 22.4 Å². The van der Waals surface area contributed by atoms with Gasteiger partial charge < -0.3 is 9.47 Å². The van der Waals surface area contributed by atoms with Gasteiger partial charge >= 0.3 is 0 Å². The molecule has 3 aromatic rings. The summed E-state index contributed by atoms with van der Waals surface area (Å²) in [5, 5.41) is 3.96. The molecule has 3 aromatic carbocycles. The molecule has 27 heavy (non-hydrogen) atoms. The molecule has 0 fully saturated rings. The first-order valence-corrected chi connectivity index (χ1v) is 8.49. The summed E-state index contributed by atoms with van der Waals surface area (Å²) in [7, 11) is 1.59. The minimum atomic E-state index is -0.331. The monoisotopic (exact) mass is 360 g/mol. The number of amides is 1. The second-order valence-corrected chi connectivity index (χ2v) is 5.75. The third kappa shape index (κ3) is 5.44. The number of nitrogens with zero attached hydrogens (tertiary/aromatic N) is 1. The number of methoxy groups -OCH3 is 1. The van der Waals surface area contributed by atoms with Crippen molar-refractivity contribution in [2.75, 3.05) is 13.7 Å². The summed E-state index contributed by atoms with van der Waals surface area (Å²) >= 11 is 0. The Labute approximate surface area is 158 Å². The number of benzene rings is 3. The molecule has 1 amide bonds. The molecule has 5 nitrogen and oxygen atoms in total. The minimum Gasteiger partial charge on any atom is -0.497 e. The molecule has 1 N–H and O–H groups in total. The number of carbonyl (C=O) groups is 1. The highest BCUT2D eigenvalue weighted by molar-refractivity contribution is 5.83. The van der Waals surface area contributed by atoms with E-state index < -0.39 is 0 Å². The average Bonchev–Trinajstić information content (AvgIpc) is 2.74. The van der Waals surface area contributed by atoms with Crippen molar-refractivity contribution < 1.29 is 14.3 Å². The number of ether oxygens (including phenoxy) is 2. The quantitative estimate of drug-likeness (QED) is 0.514. The lowest BCUT2D eigenvalue weighted by molar-refractivity contribution is -0.123. The van der Waals surface area contributed by atoms with Crippen LogP contribution in [0.1, 0.15) is 5.56 Å². The molecular formula is C22H20N2O3. The third-order valence-corrected chi connectivity index (χ3v) is 3.85. The second kappa shape index (κ2) is 9.20. The van der Waals surface area contributed by atoms with Crippen LogP contribution < -0.4 is 14.9 Å².